The van der Waals surface area contributed by atoms with Crippen LogP contribution in [0, 0.1) is 5.82 Å². The molecule has 2 aromatic heterocycles. The van der Waals surface area contributed by atoms with Gasteiger partial charge in [-0.3, -0.25) is 0 Å². The van der Waals surface area contributed by atoms with Crippen LogP contribution in [-0.2, 0) is 6.54 Å². The first kappa shape index (κ1) is 14.0. The molecular formula is C14H11BrClFN2S. The number of hydrogen-bond donors (Lipinski definition) is 0. The lowest BCUT2D eigenvalue weighted by Gasteiger charge is -2.09. The minimum Gasteiger partial charge on any atom is -0.321 e. The molecule has 20 heavy (non-hydrogen) atoms. The van der Waals surface area contributed by atoms with Gasteiger partial charge in [0.05, 0.1) is 27.4 Å². The number of hydrogen-bond acceptors (Lipinski definition) is 2. The van der Waals surface area contributed by atoms with Gasteiger partial charge in [0.15, 0.2) is 0 Å². The van der Waals surface area contributed by atoms with Crippen LogP contribution in [0.2, 0.25) is 0 Å². The maximum atomic E-state index is 13.8. The van der Waals surface area contributed by atoms with Gasteiger partial charge in [0.25, 0.3) is 0 Å². The molecule has 1 atom stereocenters. The van der Waals surface area contributed by atoms with Crippen molar-refractivity contribution in [3.8, 4) is 0 Å². The predicted molar refractivity (Wildman–Crippen MR) is 85.1 cm³/mol. The van der Waals surface area contributed by atoms with Crippen LogP contribution < -0.4 is 0 Å². The normalized spacial score (nSPS) is 13.0. The Morgan fingerprint density at radius 2 is 2.30 bits per heavy atom. The summed E-state index contributed by atoms with van der Waals surface area (Å²) in [6.07, 6.45) is 0. The predicted octanol–water partition coefficient (Wildman–Crippen LogP) is 5.35. The Balaban J connectivity index is 2.20. The Bertz CT molecular complexity index is 752. The fourth-order valence-electron chi connectivity index (χ4n) is 2.17. The maximum absolute atomic E-state index is 13.8. The molecule has 0 saturated carbocycles. The summed E-state index contributed by atoms with van der Waals surface area (Å²) in [5.74, 6) is 0.464. The van der Waals surface area contributed by atoms with E-state index in [9.17, 15) is 4.39 Å². The highest BCUT2D eigenvalue weighted by molar-refractivity contribution is 9.10. The van der Waals surface area contributed by atoms with E-state index in [1.807, 2.05) is 29.0 Å². The van der Waals surface area contributed by atoms with Gasteiger partial charge in [-0.1, -0.05) is 6.07 Å². The van der Waals surface area contributed by atoms with Crippen molar-refractivity contribution in [1.29, 1.82) is 0 Å². The summed E-state index contributed by atoms with van der Waals surface area (Å²) < 4.78 is 16.2. The number of thiophene rings is 1. The summed E-state index contributed by atoms with van der Waals surface area (Å²) in [4.78, 5) is 5.72. The maximum Gasteiger partial charge on any atom is 0.139 e. The zero-order valence-electron chi connectivity index (χ0n) is 10.6. The molecule has 0 N–H and O–H groups in total. The topological polar surface area (TPSA) is 17.8 Å². The second-order valence-electron chi connectivity index (χ2n) is 4.51. The molecule has 0 aliphatic carbocycles. The summed E-state index contributed by atoms with van der Waals surface area (Å²) >= 11 is 11.1. The third-order valence-corrected chi connectivity index (χ3v) is 4.73. The molecule has 1 aromatic carbocycles. The van der Waals surface area contributed by atoms with Crippen molar-refractivity contribution < 1.29 is 4.39 Å². The highest BCUT2D eigenvalue weighted by Crippen LogP contribution is 2.29. The molecule has 0 fully saturated rings. The van der Waals surface area contributed by atoms with Crippen molar-refractivity contribution in [3.05, 3.63) is 50.6 Å². The van der Waals surface area contributed by atoms with E-state index in [4.69, 9.17) is 11.6 Å². The number of fused-ring (bicyclic) bond motifs is 1. The van der Waals surface area contributed by atoms with Crippen LogP contribution in [0.3, 0.4) is 0 Å². The molecule has 3 rings (SSSR count). The van der Waals surface area contributed by atoms with Gasteiger partial charge in [-0.25, -0.2) is 9.37 Å². The average Bonchev–Trinajstić information content (AvgIpc) is 3.00. The Hall–Kier alpha value is -0.910. The Kier molecular flexibility index (Phi) is 3.84. The van der Waals surface area contributed by atoms with Gasteiger partial charge in [0, 0.05) is 10.9 Å². The van der Waals surface area contributed by atoms with Gasteiger partial charge in [0.2, 0.25) is 0 Å². The highest BCUT2D eigenvalue weighted by atomic mass is 79.9. The Labute approximate surface area is 133 Å². The Morgan fingerprint density at radius 3 is 2.95 bits per heavy atom. The number of benzene rings is 1. The van der Waals surface area contributed by atoms with E-state index in [2.05, 4.69) is 20.9 Å². The molecule has 0 radical (unpaired) electrons. The Morgan fingerprint density at radius 1 is 1.50 bits per heavy atom. The minimum absolute atomic E-state index is 0.232. The quantitative estimate of drug-likeness (QED) is 0.566. The van der Waals surface area contributed by atoms with E-state index in [1.54, 1.807) is 17.4 Å². The van der Waals surface area contributed by atoms with Gasteiger partial charge in [0.1, 0.15) is 11.6 Å². The van der Waals surface area contributed by atoms with E-state index >= 15 is 0 Å². The van der Waals surface area contributed by atoms with Crippen LogP contribution in [0.15, 0.2) is 34.1 Å². The number of aromatic nitrogens is 2. The summed E-state index contributed by atoms with van der Waals surface area (Å²) in [5.41, 5.74) is 1.51. The van der Waals surface area contributed by atoms with E-state index in [-0.39, 0.29) is 11.2 Å². The molecule has 3 aromatic rings. The lowest BCUT2D eigenvalue weighted by Crippen LogP contribution is -2.04. The molecule has 1 unspecified atom stereocenters. The van der Waals surface area contributed by atoms with Crippen LogP contribution >= 0.6 is 38.9 Å². The van der Waals surface area contributed by atoms with Crippen LogP contribution in [0.25, 0.3) is 11.0 Å². The van der Waals surface area contributed by atoms with E-state index in [0.29, 0.717) is 11.0 Å². The smallest absolute Gasteiger partial charge is 0.139 e. The van der Waals surface area contributed by atoms with Crippen molar-refractivity contribution in [2.45, 2.75) is 18.8 Å². The van der Waals surface area contributed by atoms with Crippen molar-refractivity contribution >= 4 is 49.9 Å². The minimum atomic E-state index is -0.293. The second-order valence-corrected chi connectivity index (χ2v) is 7.05. The van der Waals surface area contributed by atoms with Gasteiger partial charge >= 0.3 is 0 Å². The fourth-order valence-corrected chi connectivity index (χ4v) is 3.36. The first-order chi connectivity index (χ1) is 9.56. The number of nitrogens with zero attached hydrogens (tertiary/aromatic N) is 2. The van der Waals surface area contributed by atoms with Crippen molar-refractivity contribution in [2.75, 3.05) is 0 Å². The summed E-state index contributed by atoms with van der Waals surface area (Å²) in [6.45, 7) is 2.53. The largest absolute Gasteiger partial charge is 0.321 e. The van der Waals surface area contributed by atoms with Crippen LogP contribution in [0.4, 0.5) is 4.39 Å². The molecule has 0 aliphatic heterocycles. The van der Waals surface area contributed by atoms with Crippen molar-refractivity contribution in [3.63, 3.8) is 0 Å². The summed E-state index contributed by atoms with van der Waals surface area (Å²) in [5, 5.41) is 1.79. The van der Waals surface area contributed by atoms with E-state index in [0.717, 1.165) is 16.9 Å². The van der Waals surface area contributed by atoms with Gasteiger partial charge < -0.3 is 4.57 Å². The highest BCUT2D eigenvalue weighted by Gasteiger charge is 2.17. The molecular weight excluding hydrogens is 363 g/mol. The van der Waals surface area contributed by atoms with Gasteiger partial charge in [-0.2, -0.15) is 0 Å². The van der Waals surface area contributed by atoms with E-state index in [1.165, 1.54) is 10.9 Å². The summed E-state index contributed by atoms with van der Waals surface area (Å²) in [7, 11) is 0. The van der Waals surface area contributed by atoms with E-state index < -0.39 is 0 Å². The van der Waals surface area contributed by atoms with Crippen molar-refractivity contribution in [2.24, 2.45) is 0 Å². The molecule has 104 valence electrons. The lowest BCUT2D eigenvalue weighted by molar-refractivity contribution is 0.621. The molecule has 0 aliphatic rings. The molecule has 6 heteroatoms. The standard InChI is InChI=1S/C14H11BrClFN2S/c1-8(16)14-18-12-5-10(15)11(17)6-13(12)19(14)7-9-3-2-4-20-9/h2-6,8H,7H2,1H3. The first-order valence-corrected chi connectivity index (χ1v) is 8.19. The van der Waals surface area contributed by atoms with Gasteiger partial charge in [-0.15, -0.1) is 22.9 Å². The molecule has 0 amide bonds. The average molecular weight is 374 g/mol. The first-order valence-electron chi connectivity index (χ1n) is 6.08. The number of alkyl halides is 1. The van der Waals surface area contributed by atoms with Crippen LogP contribution in [-0.4, -0.2) is 9.55 Å². The summed E-state index contributed by atoms with van der Waals surface area (Å²) in [6, 6.07) is 7.25. The van der Waals surface area contributed by atoms with Crippen LogP contribution in [0.1, 0.15) is 23.0 Å². The molecule has 2 nitrogen and oxygen atoms in total. The number of rotatable bonds is 3. The molecule has 0 bridgehead atoms. The van der Waals surface area contributed by atoms with Gasteiger partial charge in [-0.05, 0) is 40.4 Å². The zero-order chi connectivity index (χ0) is 14.3. The molecule has 0 spiro atoms. The third kappa shape index (κ3) is 2.50. The third-order valence-electron chi connectivity index (χ3n) is 3.07. The molecule has 0 saturated heterocycles. The molecule has 2 heterocycles. The monoisotopic (exact) mass is 372 g/mol. The fraction of sp³-hybridized carbons (Fsp3) is 0.214. The zero-order valence-corrected chi connectivity index (χ0v) is 13.8. The van der Waals surface area contributed by atoms with Crippen molar-refractivity contribution in [1.82, 2.24) is 9.55 Å². The lowest BCUT2D eigenvalue weighted by atomic mass is 10.3. The van der Waals surface area contributed by atoms with Crippen LogP contribution in [0.5, 0.6) is 0 Å². The number of halogens is 3. The SMILES string of the molecule is CC(Cl)c1nc2cc(Br)c(F)cc2n1Cc1cccs1. The second kappa shape index (κ2) is 5.47. The number of imidazole rings is 1.